The molecular weight excluding hydrogens is 221 g/mol. The van der Waals surface area contributed by atoms with Gasteiger partial charge in [0.2, 0.25) is 5.91 Å². The summed E-state index contributed by atoms with van der Waals surface area (Å²) >= 11 is 3.97. The normalized spacial score (nSPS) is 23.7. The van der Waals surface area contributed by atoms with Crippen molar-refractivity contribution in [2.75, 3.05) is 6.54 Å². The molecule has 0 saturated carbocycles. The van der Waals surface area contributed by atoms with Gasteiger partial charge in [0.25, 0.3) is 0 Å². The van der Waals surface area contributed by atoms with Gasteiger partial charge in [-0.25, -0.2) is 0 Å². The van der Waals surface area contributed by atoms with Gasteiger partial charge in [-0.05, 0) is 19.8 Å². The van der Waals surface area contributed by atoms with Crippen molar-refractivity contribution in [2.24, 2.45) is 0 Å². The molecule has 0 aliphatic carbocycles. The van der Waals surface area contributed by atoms with Crippen LogP contribution in [0.4, 0.5) is 0 Å². The second-order valence-electron chi connectivity index (χ2n) is 3.40. The quantitative estimate of drug-likeness (QED) is 0.365. The Kier molecular flexibility index (Phi) is 4.63. The summed E-state index contributed by atoms with van der Waals surface area (Å²) in [5, 5.41) is 17.9. The molecule has 1 rings (SSSR count). The second kappa shape index (κ2) is 5.30. The van der Waals surface area contributed by atoms with E-state index in [1.54, 1.807) is 11.8 Å². The van der Waals surface area contributed by atoms with Crippen molar-refractivity contribution < 1.29 is 14.8 Å². The molecule has 1 fully saturated rings. The average Bonchev–Trinajstić information content (AvgIpc) is 2.63. The third kappa shape index (κ3) is 2.59. The highest BCUT2D eigenvalue weighted by Gasteiger charge is 2.38. The molecule has 14 heavy (non-hydrogen) atoms. The number of carbonyl (C=O) groups is 1. The van der Waals surface area contributed by atoms with E-state index >= 15 is 0 Å². The lowest BCUT2D eigenvalue weighted by Crippen LogP contribution is -2.47. The van der Waals surface area contributed by atoms with Crippen molar-refractivity contribution in [1.29, 1.82) is 0 Å². The summed E-state index contributed by atoms with van der Waals surface area (Å²) in [6, 6.07) is 0. The van der Waals surface area contributed by atoms with E-state index < -0.39 is 13.1 Å². The van der Waals surface area contributed by atoms with Crippen LogP contribution in [0.15, 0.2) is 0 Å². The fourth-order valence-electron chi connectivity index (χ4n) is 1.65. The maximum atomic E-state index is 11.7. The predicted molar refractivity (Wildman–Crippen MR) is 61.0 cm³/mol. The molecule has 1 heterocycles. The van der Waals surface area contributed by atoms with Crippen LogP contribution in [0, 0.1) is 0 Å². The first-order valence-corrected chi connectivity index (χ1v) is 6.48. The van der Waals surface area contributed by atoms with E-state index in [4.69, 9.17) is 10.0 Å². The lowest BCUT2D eigenvalue weighted by atomic mass is 9.78. The molecule has 2 unspecified atom stereocenters. The summed E-state index contributed by atoms with van der Waals surface area (Å²) in [5.41, 5.74) is 0. The van der Waals surface area contributed by atoms with Crippen molar-refractivity contribution in [1.82, 2.24) is 4.90 Å². The number of likely N-dealkylation sites (tertiary alicyclic amines) is 1. The third-order valence-corrected chi connectivity index (χ3v) is 3.90. The summed E-state index contributed by atoms with van der Waals surface area (Å²) in [7, 11) is -0.258. The van der Waals surface area contributed by atoms with E-state index in [1.807, 2.05) is 0 Å². The van der Waals surface area contributed by atoms with E-state index in [0.717, 1.165) is 6.42 Å². The minimum Gasteiger partial charge on any atom is -0.426 e. The lowest BCUT2D eigenvalue weighted by Gasteiger charge is -2.25. The Bertz CT molecular complexity index is 217. The minimum atomic E-state index is -1.43. The van der Waals surface area contributed by atoms with Gasteiger partial charge in [0.1, 0.15) is 0 Å². The number of hydrogen-bond donors (Lipinski definition) is 3. The molecule has 1 aliphatic rings. The summed E-state index contributed by atoms with van der Waals surface area (Å²) in [5.74, 6) is -0.508. The maximum absolute atomic E-state index is 11.7. The minimum absolute atomic E-state index is 0.0689. The fraction of sp³-hybridized carbons (Fsp3) is 0.857. The van der Waals surface area contributed by atoms with Gasteiger partial charge in [0, 0.05) is 6.54 Å². The van der Waals surface area contributed by atoms with Crippen molar-refractivity contribution in [2.45, 2.75) is 31.0 Å². The molecule has 0 aromatic carbocycles. The summed E-state index contributed by atoms with van der Waals surface area (Å²) in [6.45, 7) is 2.37. The zero-order valence-electron chi connectivity index (χ0n) is 7.96. The van der Waals surface area contributed by atoms with E-state index in [2.05, 4.69) is 11.7 Å². The largest absolute Gasteiger partial charge is 0.475 e. The van der Waals surface area contributed by atoms with Gasteiger partial charge in [-0.15, -0.1) is 11.7 Å². The molecular formula is C7H14BNO3S2. The SMILES string of the molecule is CC(SS)C(=O)N1CCCC1B(O)O. The second-order valence-corrected chi connectivity index (χ2v) is 4.95. The Balaban J connectivity index is 2.62. The Morgan fingerprint density at radius 2 is 2.36 bits per heavy atom. The van der Waals surface area contributed by atoms with Crippen LogP contribution in [0.3, 0.4) is 0 Å². The molecule has 2 atom stereocenters. The molecule has 0 aromatic rings. The number of amides is 1. The topological polar surface area (TPSA) is 60.8 Å². The van der Waals surface area contributed by atoms with Crippen LogP contribution in [0.5, 0.6) is 0 Å². The van der Waals surface area contributed by atoms with Crippen LogP contribution in [-0.2, 0) is 4.79 Å². The van der Waals surface area contributed by atoms with Crippen LogP contribution in [0.25, 0.3) is 0 Å². The number of carbonyl (C=O) groups excluding carboxylic acids is 1. The van der Waals surface area contributed by atoms with Gasteiger partial charge in [-0.1, -0.05) is 10.8 Å². The number of thiol groups is 1. The number of rotatable bonds is 3. The highest BCUT2D eigenvalue weighted by Crippen LogP contribution is 2.23. The zero-order valence-corrected chi connectivity index (χ0v) is 9.67. The molecule has 4 nitrogen and oxygen atoms in total. The maximum Gasteiger partial charge on any atom is 0.475 e. The molecule has 1 saturated heterocycles. The van der Waals surface area contributed by atoms with Gasteiger partial charge >= 0.3 is 7.12 Å². The van der Waals surface area contributed by atoms with Gasteiger partial charge in [-0.3, -0.25) is 4.79 Å². The van der Waals surface area contributed by atoms with E-state index in [0.29, 0.717) is 13.0 Å². The molecule has 1 aliphatic heterocycles. The van der Waals surface area contributed by atoms with Gasteiger partial charge < -0.3 is 14.9 Å². The summed E-state index contributed by atoms with van der Waals surface area (Å²) in [4.78, 5) is 13.3. The first-order valence-electron chi connectivity index (χ1n) is 4.54. The highest BCUT2D eigenvalue weighted by molar-refractivity contribution is 8.69. The molecule has 80 valence electrons. The predicted octanol–water partition coefficient (Wildman–Crippen LogP) is -0.0441. The monoisotopic (exact) mass is 235 g/mol. The van der Waals surface area contributed by atoms with Crippen LogP contribution in [0.2, 0.25) is 0 Å². The summed E-state index contributed by atoms with van der Waals surface area (Å²) < 4.78 is 0. The van der Waals surface area contributed by atoms with Crippen molar-refractivity contribution in [3.63, 3.8) is 0 Å². The summed E-state index contributed by atoms with van der Waals surface area (Å²) in [6.07, 6.45) is 1.49. The Hall–Kier alpha value is 0.155. The molecule has 0 radical (unpaired) electrons. The smallest absolute Gasteiger partial charge is 0.426 e. The molecule has 0 aromatic heterocycles. The van der Waals surface area contributed by atoms with Crippen molar-refractivity contribution >= 4 is 35.5 Å². The van der Waals surface area contributed by atoms with Gasteiger partial charge in [0.15, 0.2) is 0 Å². The van der Waals surface area contributed by atoms with Gasteiger partial charge in [-0.2, -0.15) is 0 Å². The zero-order chi connectivity index (χ0) is 10.7. The fourth-order valence-corrected chi connectivity index (χ4v) is 2.15. The lowest BCUT2D eigenvalue weighted by molar-refractivity contribution is -0.130. The van der Waals surface area contributed by atoms with Crippen molar-refractivity contribution in [3.8, 4) is 0 Å². The first kappa shape index (κ1) is 12.2. The van der Waals surface area contributed by atoms with Crippen LogP contribution >= 0.6 is 22.5 Å². The van der Waals surface area contributed by atoms with Crippen LogP contribution < -0.4 is 0 Å². The third-order valence-electron chi connectivity index (χ3n) is 2.43. The molecule has 7 heteroatoms. The molecule has 2 N–H and O–H groups in total. The molecule has 0 spiro atoms. The average molecular weight is 235 g/mol. The Morgan fingerprint density at radius 3 is 2.86 bits per heavy atom. The molecule has 1 amide bonds. The van der Waals surface area contributed by atoms with E-state index in [-0.39, 0.29) is 11.2 Å². The van der Waals surface area contributed by atoms with Crippen LogP contribution in [-0.4, -0.2) is 45.7 Å². The van der Waals surface area contributed by atoms with Gasteiger partial charge in [0.05, 0.1) is 11.2 Å². The van der Waals surface area contributed by atoms with Crippen molar-refractivity contribution in [3.05, 3.63) is 0 Å². The van der Waals surface area contributed by atoms with E-state index in [9.17, 15) is 4.79 Å². The Morgan fingerprint density at radius 1 is 1.71 bits per heavy atom. The first-order chi connectivity index (χ1) is 6.57. The highest BCUT2D eigenvalue weighted by atomic mass is 33.1. The van der Waals surface area contributed by atoms with Crippen LogP contribution in [0.1, 0.15) is 19.8 Å². The number of nitrogens with zero attached hydrogens (tertiary/aromatic N) is 1. The van der Waals surface area contributed by atoms with E-state index in [1.165, 1.54) is 10.8 Å². The number of hydrogen-bond acceptors (Lipinski definition) is 5. The molecule has 0 bridgehead atoms. The standard InChI is InChI=1S/C7H14BNO3S2/c1-5(14-13)7(10)9-4-2-3-6(9)8(11)12/h5-6,11-13H,2-4H2,1H3. The Labute approximate surface area is 93.0 Å².